The fourth-order valence-electron chi connectivity index (χ4n) is 6.25. The van der Waals surface area contributed by atoms with Gasteiger partial charge in [-0.05, 0) is 80.5 Å². The zero-order valence-corrected chi connectivity index (χ0v) is 15.8. The molecule has 28 heavy (non-hydrogen) atoms. The predicted octanol–water partition coefficient (Wildman–Crippen LogP) is 5.62. The van der Waals surface area contributed by atoms with Crippen LogP contribution in [0.2, 0.25) is 0 Å². The van der Waals surface area contributed by atoms with Crippen molar-refractivity contribution in [1.82, 2.24) is 4.98 Å². The quantitative estimate of drug-likeness (QED) is 0.442. The van der Waals surface area contributed by atoms with Crippen LogP contribution in [0.15, 0.2) is 52.9 Å². The van der Waals surface area contributed by atoms with Crippen molar-refractivity contribution in [1.29, 1.82) is 0 Å². The minimum atomic E-state index is -0.250. The van der Waals surface area contributed by atoms with Crippen LogP contribution in [0.4, 0.5) is 0 Å². The molecule has 4 bridgehead atoms. The molecule has 4 fully saturated rings. The molecule has 4 saturated carbocycles. The Morgan fingerprint density at radius 3 is 2.32 bits per heavy atom. The van der Waals surface area contributed by atoms with E-state index in [0.717, 1.165) is 48.1 Å². The van der Waals surface area contributed by atoms with E-state index in [-0.39, 0.29) is 11.4 Å². The number of carbonyl (C=O) groups excluding carboxylic acids is 1. The van der Waals surface area contributed by atoms with E-state index in [1.165, 1.54) is 19.3 Å². The van der Waals surface area contributed by atoms with Gasteiger partial charge in [-0.1, -0.05) is 18.2 Å². The van der Waals surface area contributed by atoms with Crippen LogP contribution in [0.5, 0.6) is 5.75 Å². The van der Waals surface area contributed by atoms with Crippen LogP contribution in [-0.4, -0.2) is 11.0 Å². The highest BCUT2D eigenvalue weighted by Gasteiger charge is 2.55. The number of oxazole rings is 1. The van der Waals surface area contributed by atoms with Gasteiger partial charge in [-0.15, -0.1) is 0 Å². The summed E-state index contributed by atoms with van der Waals surface area (Å²) in [4.78, 5) is 17.7. The molecule has 4 heteroatoms. The van der Waals surface area contributed by atoms with Crippen LogP contribution < -0.4 is 4.74 Å². The minimum Gasteiger partial charge on any atom is -0.436 e. The van der Waals surface area contributed by atoms with E-state index < -0.39 is 0 Å². The summed E-state index contributed by atoms with van der Waals surface area (Å²) in [5.41, 5.74) is 2.11. The van der Waals surface area contributed by atoms with Crippen LogP contribution >= 0.6 is 0 Å². The Hall–Kier alpha value is -2.62. The maximum atomic E-state index is 13.2. The van der Waals surface area contributed by atoms with Gasteiger partial charge in [0.1, 0.15) is 11.3 Å². The number of aromatic nitrogens is 1. The highest BCUT2D eigenvalue weighted by atomic mass is 16.5. The molecule has 142 valence electrons. The average molecular weight is 373 g/mol. The molecule has 0 spiro atoms. The highest BCUT2D eigenvalue weighted by Crippen LogP contribution is 2.60. The summed E-state index contributed by atoms with van der Waals surface area (Å²) < 4.78 is 11.8. The molecule has 0 unspecified atom stereocenters. The SMILES string of the molecule is O=C(Oc1ccc2nc(-c3ccccc3)oc2c1)C12CC3CC(CC(C3)C1)C2. The van der Waals surface area contributed by atoms with E-state index in [0.29, 0.717) is 17.2 Å². The van der Waals surface area contributed by atoms with Gasteiger partial charge in [0, 0.05) is 11.6 Å². The summed E-state index contributed by atoms with van der Waals surface area (Å²) in [6, 6.07) is 15.3. The van der Waals surface area contributed by atoms with Crippen molar-refractivity contribution < 1.29 is 13.9 Å². The average Bonchev–Trinajstić information content (AvgIpc) is 3.11. The van der Waals surface area contributed by atoms with E-state index in [9.17, 15) is 4.79 Å². The molecule has 2 aromatic carbocycles. The van der Waals surface area contributed by atoms with Crippen LogP contribution in [0.25, 0.3) is 22.6 Å². The summed E-state index contributed by atoms with van der Waals surface area (Å²) in [6.45, 7) is 0. The van der Waals surface area contributed by atoms with Crippen LogP contribution in [0, 0.1) is 23.2 Å². The largest absolute Gasteiger partial charge is 0.436 e. The van der Waals surface area contributed by atoms with Crippen molar-refractivity contribution in [2.24, 2.45) is 23.2 Å². The minimum absolute atomic E-state index is 0.0336. The molecule has 1 aromatic heterocycles. The second-order valence-corrected chi connectivity index (χ2v) is 9.10. The van der Waals surface area contributed by atoms with Crippen molar-refractivity contribution in [3.63, 3.8) is 0 Å². The first-order valence-corrected chi connectivity index (χ1v) is 10.4. The van der Waals surface area contributed by atoms with E-state index >= 15 is 0 Å². The lowest BCUT2D eigenvalue weighted by atomic mass is 9.49. The third-order valence-corrected chi connectivity index (χ3v) is 7.06. The number of nitrogens with zero attached hydrogens (tertiary/aromatic N) is 1. The van der Waals surface area contributed by atoms with Gasteiger partial charge in [-0.25, -0.2) is 4.98 Å². The van der Waals surface area contributed by atoms with Gasteiger partial charge >= 0.3 is 5.97 Å². The molecule has 4 aliphatic rings. The fourth-order valence-corrected chi connectivity index (χ4v) is 6.25. The molecule has 4 nitrogen and oxygen atoms in total. The van der Waals surface area contributed by atoms with E-state index in [1.807, 2.05) is 42.5 Å². The van der Waals surface area contributed by atoms with E-state index in [1.54, 1.807) is 6.07 Å². The first-order valence-electron chi connectivity index (χ1n) is 10.4. The smallest absolute Gasteiger partial charge is 0.317 e. The van der Waals surface area contributed by atoms with Crippen molar-refractivity contribution in [3.8, 4) is 17.2 Å². The maximum absolute atomic E-state index is 13.2. The first kappa shape index (κ1) is 16.3. The second kappa shape index (κ2) is 5.94. The Balaban J connectivity index is 1.27. The molecule has 0 N–H and O–H groups in total. The van der Waals surface area contributed by atoms with Crippen LogP contribution in [0.3, 0.4) is 0 Å². The molecule has 0 atom stereocenters. The van der Waals surface area contributed by atoms with Crippen molar-refractivity contribution >= 4 is 17.1 Å². The number of benzene rings is 2. The van der Waals surface area contributed by atoms with E-state index in [4.69, 9.17) is 9.15 Å². The van der Waals surface area contributed by atoms with E-state index in [2.05, 4.69) is 4.98 Å². The molecule has 7 rings (SSSR count). The first-order chi connectivity index (χ1) is 13.7. The number of rotatable bonds is 3. The number of hydrogen-bond donors (Lipinski definition) is 0. The topological polar surface area (TPSA) is 52.3 Å². The summed E-state index contributed by atoms with van der Waals surface area (Å²) >= 11 is 0. The summed E-state index contributed by atoms with van der Waals surface area (Å²) in [6.07, 6.45) is 7.00. The number of hydrogen-bond acceptors (Lipinski definition) is 4. The van der Waals surface area contributed by atoms with Crippen molar-refractivity contribution in [2.75, 3.05) is 0 Å². The Kier molecular flexibility index (Phi) is 3.47. The third kappa shape index (κ3) is 2.58. The van der Waals surface area contributed by atoms with Gasteiger partial charge < -0.3 is 9.15 Å². The number of carbonyl (C=O) groups is 1. The Morgan fingerprint density at radius 2 is 1.64 bits per heavy atom. The second-order valence-electron chi connectivity index (χ2n) is 9.10. The Morgan fingerprint density at radius 1 is 0.964 bits per heavy atom. The van der Waals surface area contributed by atoms with Gasteiger partial charge in [0.15, 0.2) is 5.58 Å². The standard InChI is InChI=1S/C24H23NO3/c26-23(24-12-15-8-16(13-24)10-17(9-15)14-24)27-19-6-7-20-21(11-19)28-22(25-20)18-4-2-1-3-5-18/h1-7,11,15-17H,8-10,12-14H2. The highest BCUT2D eigenvalue weighted by molar-refractivity contribution is 5.82. The van der Waals surface area contributed by atoms with Gasteiger partial charge in [0.05, 0.1) is 5.41 Å². The molecule has 4 aliphatic carbocycles. The molecule has 3 aromatic rings. The Bertz CT molecular complexity index is 1020. The monoisotopic (exact) mass is 373 g/mol. The Labute approximate surface area is 163 Å². The summed E-state index contributed by atoms with van der Waals surface area (Å²) in [5, 5.41) is 0. The fraction of sp³-hybridized carbons (Fsp3) is 0.417. The molecule has 1 heterocycles. The van der Waals surface area contributed by atoms with Gasteiger partial charge in [0.25, 0.3) is 0 Å². The lowest BCUT2D eigenvalue weighted by molar-refractivity contribution is -0.161. The normalized spacial score (nSPS) is 30.6. The molecular weight excluding hydrogens is 350 g/mol. The van der Waals surface area contributed by atoms with Crippen molar-refractivity contribution in [2.45, 2.75) is 38.5 Å². The van der Waals surface area contributed by atoms with Crippen LogP contribution in [0.1, 0.15) is 38.5 Å². The zero-order valence-electron chi connectivity index (χ0n) is 15.8. The van der Waals surface area contributed by atoms with Gasteiger partial charge in [0.2, 0.25) is 5.89 Å². The molecular formula is C24H23NO3. The zero-order chi connectivity index (χ0) is 18.7. The maximum Gasteiger partial charge on any atom is 0.317 e. The molecule has 0 amide bonds. The third-order valence-electron chi connectivity index (χ3n) is 7.06. The molecule has 0 aliphatic heterocycles. The van der Waals surface area contributed by atoms with Crippen LogP contribution in [-0.2, 0) is 4.79 Å². The number of esters is 1. The predicted molar refractivity (Wildman–Crippen MR) is 106 cm³/mol. The molecule has 0 saturated heterocycles. The van der Waals surface area contributed by atoms with Gasteiger partial charge in [-0.2, -0.15) is 0 Å². The molecule has 0 radical (unpaired) electrons. The summed E-state index contributed by atoms with van der Waals surface area (Å²) in [5.74, 6) is 3.29. The lowest BCUT2D eigenvalue weighted by Crippen LogP contribution is -2.51. The number of fused-ring (bicyclic) bond motifs is 1. The summed E-state index contributed by atoms with van der Waals surface area (Å²) in [7, 11) is 0. The lowest BCUT2D eigenvalue weighted by Gasteiger charge is -2.55. The number of ether oxygens (including phenoxy) is 1. The van der Waals surface area contributed by atoms with Crippen molar-refractivity contribution in [3.05, 3.63) is 48.5 Å². The van der Waals surface area contributed by atoms with Gasteiger partial charge in [-0.3, -0.25) is 4.79 Å².